The smallest absolute Gasteiger partial charge is 0.261 e. The van der Waals surface area contributed by atoms with E-state index in [9.17, 15) is 9.59 Å². The van der Waals surface area contributed by atoms with E-state index < -0.39 is 0 Å². The first-order valence-electron chi connectivity index (χ1n) is 10.7. The first-order valence-corrected chi connectivity index (χ1v) is 10.7. The highest BCUT2D eigenvalue weighted by Gasteiger charge is 2.35. The minimum atomic E-state index is -0.231. The highest BCUT2D eigenvalue weighted by Crippen LogP contribution is 2.32. The summed E-state index contributed by atoms with van der Waals surface area (Å²) in [5.41, 5.74) is 7.27. The lowest BCUT2D eigenvalue weighted by atomic mass is 9.96. The maximum atomic E-state index is 13.0. The van der Waals surface area contributed by atoms with Crippen molar-refractivity contribution < 1.29 is 9.59 Å². The van der Waals surface area contributed by atoms with E-state index >= 15 is 0 Å². The molecule has 4 nitrogen and oxygen atoms in total. The molecule has 0 spiro atoms. The minimum Gasteiger partial charge on any atom is -0.366 e. The molecule has 0 bridgehead atoms. The molecule has 0 radical (unpaired) electrons. The predicted octanol–water partition coefficient (Wildman–Crippen LogP) is 4.90. The number of fused-ring (bicyclic) bond motifs is 1. The fourth-order valence-corrected chi connectivity index (χ4v) is 4.50. The van der Waals surface area contributed by atoms with Crippen LogP contribution in [0, 0.1) is 6.92 Å². The van der Waals surface area contributed by atoms with Crippen LogP contribution in [-0.2, 0) is 22.6 Å². The Morgan fingerprint density at radius 2 is 1.65 bits per heavy atom. The number of benzene rings is 3. The van der Waals surface area contributed by atoms with Crippen LogP contribution in [-0.4, -0.2) is 18.4 Å². The zero-order valence-corrected chi connectivity index (χ0v) is 17.5. The Morgan fingerprint density at radius 1 is 0.871 bits per heavy atom. The highest BCUT2D eigenvalue weighted by molar-refractivity contribution is 6.29. The van der Waals surface area contributed by atoms with Crippen LogP contribution < -0.4 is 9.80 Å². The summed E-state index contributed by atoms with van der Waals surface area (Å²) in [6.07, 6.45) is 3.02. The minimum absolute atomic E-state index is 0.129. The number of anilines is 2. The Balaban J connectivity index is 1.46. The molecular weight excluding hydrogens is 384 g/mol. The molecule has 0 aromatic heterocycles. The number of carbonyl (C=O) groups is 2. The number of hydrogen-bond donors (Lipinski definition) is 0. The Kier molecular flexibility index (Phi) is 4.91. The van der Waals surface area contributed by atoms with Gasteiger partial charge in [-0.2, -0.15) is 0 Å². The quantitative estimate of drug-likeness (QED) is 0.457. The lowest BCUT2D eigenvalue weighted by molar-refractivity contribution is -0.120. The van der Waals surface area contributed by atoms with E-state index in [4.69, 9.17) is 0 Å². The number of hydrogen-bond acceptors (Lipinski definition) is 3. The van der Waals surface area contributed by atoms with Gasteiger partial charge in [-0.15, -0.1) is 0 Å². The largest absolute Gasteiger partial charge is 0.366 e. The number of amides is 2. The molecule has 154 valence electrons. The molecule has 0 atom stereocenters. The van der Waals surface area contributed by atoms with Gasteiger partial charge in [-0.3, -0.25) is 9.59 Å². The monoisotopic (exact) mass is 408 g/mol. The van der Waals surface area contributed by atoms with Crippen molar-refractivity contribution in [2.24, 2.45) is 0 Å². The van der Waals surface area contributed by atoms with Crippen molar-refractivity contribution in [1.29, 1.82) is 0 Å². The van der Waals surface area contributed by atoms with Crippen molar-refractivity contribution in [2.75, 3.05) is 16.3 Å². The SMILES string of the molecule is Cc1ccc2c(c1)CN(c1ccccc1/C=C1\CC(=O)N(c3ccccc3)C1=O)CC2. The van der Waals surface area contributed by atoms with E-state index in [0.29, 0.717) is 11.3 Å². The van der Waals surface area contributed by atoms with Crippen molar-refractivity contribution in [1.82, 2.24) is 0 Å². The maximum absolute atomic E-state index is 13.0. The lowest BCUT2D eigenvalue weighted by Crippen LogP contribution is -2.31. The molecule has 2 heterocycles. The first kappa shape index (κ1) is 19.3. The van der Waals surface area contributed by atoms with Gasteiger partial charge in [0.25, 0.3) is 5.91 Å². The molecule has 2 amide bonds. The van der Waals surface area contributed by atoms with Gasteiger partial charge in [0.1, 0.15) is 0 Å². The second-order valence-corrected chi connectivity index (χ2v) is 8.22. The summed E-state index contributed by atoms with van der Waals surface area (Å²) in [5.74, 6) is -0.409. The van der Waals surface area contributed by atoms with Crippen molar-refractivity contribution in [3.8, 4) is 0 Å². The van der Waals surface area contributed by atoms with Crippen LogP contribution >= 0.6 is 0 Å². The first-order chi connectivity index (χ1) is 15.1. The Hall–Kier alpha value is -3.66. The summed E-state index contributed by atoms with van der Waals surface area (Å²) >= 11 is 0. The molecule has 0 aliphatic carbocycles. The molecule has 0 unspecified atom stereocenters. The van der Waals surface area contributed by atoms with E-state index in [1.54, 1.807) is 12.1 Å². The topological polar surface area (TPSA) is 40.6 Å². The van der Waals surface area contributed by atoms with Gasteiger partial charge in [0.05, 0.1) is 12.1 Å². The van der Waals surface area contributed by atoms with E-state index in [1.807, 2.05) is 42.5 Å². The summed E-state index contributed by atoms with van der Waals surface area (Å²) in [4.78, 5) is 29.3. The van der Waals surface area contributed by atoms with Crippen LogP contribution in [0.25, 0.3) is 6.08 Å². The van der Waals surface area contributed by atoms with Gasteiger partial charge < -0.3 is 4.90 Å². The zero-order valence-electron chi connectivity index (χ0n) is 17.5. The number of imide groups is 1. The van der Waals surface area contributed by atoms with Crippen LogP contribution in [0.3, 0.4) is 0 Å². The summed E-state index contributed by atoms with van der Waals surface area (Å²) in [6, 6.07) is 23.9. The van der Waals surface area contributed by atoms with Gasteiger partial charge in [0, 0.05) is 24.4 Å². The third kappa shape index (κ3) is 3.66. The van der Waals surface area contributed by atoms with Crippen LogP contribution in [0.4, 0.5) is 11.4 Å². The average Bonchev–Trinajstić information content (AvgIpc) is 3.07. The normalized spacial score (nSPS) is 17.4. The van der Waals surface area contributed by atoms with Gasteiger partial charge in [0.15, 0.2) is 0 Å². The van der Waals surface area contributed by atoms with E-state index in [1.165, 1.54) is 21.6 Å². The fourth-order valence-electron chi connectivity index (χ4n) is 4.50. The number of aryl methyl sites for hydroxylation is 1. The van der Waals surface area contributed by atoms with Crippen LogP contribution in [0.2, 0.25) is 0 Å². The molecule has 31 heavy (non-hydrogen) atoms. The Morgan fingerprint density at radius 3 is 2.48 bits per heavy atom. The van der Waals surface area contributed by atoms with Crippen LogP contribution in [0.15, 0.2) is 78.4 Å². The summed E-state index contributed by atoms with van der Waals surface area (Å²) in [7, 11) is 0. The average molecular weight is 409 g/mol. The number of carbonyl (C=O) groups excluding carboxylic acids is 2. The van der Waals surface area contributed by atoms with Gasteiger partial charge in [0.2, 0.25) is 5.91 Å². The summed E-state index contributed by atoms with van der Waals surface area (Å²) < 4.78 is 0. The molecule has 3 aromatic rings. The molecule has 5 rings (SSSR count). The van der Waals surface area contributed by atoms with Gasteiger partial charge >= 0.3 is 0 Å². The molecular formula is C27H24N2O2. The third-order valence-corrected chi connectivity index (χ3v) is 6.06. The van der Waals surface area contributed by atoms with E-state index in [-0.39, 0.29) is 18.2 Å². The van der Waals surface area contributed by atoms with Gasteiger partial charge in [-0.1, -0.05) is 60.2 Å². The number of nitrogens with zero attached hydrogens (tertiary/aromatic N) is 2. The summed E-state index contributed by atoms with van der Waals surface area (Å²) in [5, 5.41) is 0. The van der Waals surface area contributed by atoms with Crippen molar-refractivity contribution in [3.05, 3.63) is 101 Å². The second-order valence-electron chi connectivity index (χ2n) is 8.22. The molecule has 2 aliphatic heterocycles. The third-order valence-electron chi connectivity index (χ3n) is 6.06. The molecule has 0 saturated carbocycles. The van der Waals surface area contributed by atoms with Gasteiger partial charge in [-0.25, -0.2) is 4.90 Å². The number of para-hydroxylation sites is 2. The summed E-state index contributed by atoms with van der Waals surface area (Å²) in [6.45, 7) is 3.90. The highest BCUT2D eigenvalue weighted by atomic mass is 16.2. The van der Waals surface area contributed by atoms with E-state index in [0.717, 1.165) is 30.8 Å². The Bertz CT molecular complexity index is 1200. The molecule has 3 aromatic carbocycles. The van der Waals surface area contributed by atoms with Crippen LogP contribution in [0.1, 0.15) is 28.7 Å². The van der Waals surface area contributed by atoms with Crippen molar-refractivity contribution in [2.45, 2.75) is 26.3 Å². The lowest BCUT2D eigenvalue weighted by Gasteiger charge is -2.32. The van der Waals surface area contributed by atoms with Crippen LogP contribution in [0.5, 0.6) is 0 Å². The predicted molar refractivity (Wildman–Crippen MR) is 124 cm³/mol. The molecule has 0 N–H and O–H groups in total. The molecule has 1 saturated heterocycles. The molecule has 4 heteroatoms. The standard InChI is InChI=1S/C27H24N2O2/c1-19-11-12-20-13-14-28(18-23(20)15-19)25-10-6-5-7-21(25)16-22-17-26(30)29(27(22)31)24-8-3-2-4-9-24/h2-12,15-16H,13-14,17-18H2,1H3/b22-16+. The van der Waals surface area contributed by atoms with E-state index in [2.05, 4.69) is 36.1 Å². The van der Waals surface area contributed by atoms with Crippen molar-refractivity contribution in [3.63, 3.8) is 0 Å². The molecule has 1 fully saturated rings. The Labute approximate surface area is 182 Å². The van der Waals surface area contributed by atoms with Gasteiger partial charge in [-0.05, 0) is 54.3 Å². The number of rotatable bonds is 3. The van der Waals surface area contributed by atoms with Crippen molar-refractivity contribution >= 4 is 29.3 Å². The maximum Gasteiger partial charge on any atom is 0.261 e. The molecule has 2 aliphatic rings. The second kappa shape index (κ2) is 7.88. The fraction of sp³-hybridized carbons (Fsp3) is 0.185. The zero-order chi connectivity index (χ0) is 21.4.